The van der Waals surface area contributed by atoms with Gasteiger partial charge in [0.2, 0.25) is 11.9 Å². The second-order valence-electron chi connectivity index (χ2n) is 5.52. The van der Waals surface area contributed by atoms with Crippen molar-refractivity contribution in [2.24, 2.45) is 5.92 Å². The molecule has 2 heterocycles. The molecule has 2 rings (SSSR count). The van der Waals surface area contributed by atoms with Crippen LogP contribution >= 0.6 is 0 Å². The first kappa shape index (κ1) is 15.8. The third-order valence-electron chi connectivity index (χ3n) is 3.32. The zero-order valence-corrected chi connectivity index (χ0v) is 13.2. The normalized spacial score (nSPS) is 19.6. The second kappa shape index (κ2) is 7.40. The first-order valence-electron chi connectivity index (χ1n) is 7.59. The summed E-state index contributed by atoms with van der Waals surface area (Å²) in [4.78, 5) is 13.0. The van der Waals surface area contributed by atoms with E-state index in [0.717, 1.165) is 26.2 Å². The molecule has 1 fully saturated rings. The molecule has 1 saturated heterocycles. The van der Waals surface area contributed by atoms with Gasteiger partial charge in [-0.3, -0.25) is 0 Å². The van der Waals surface area contributed by atoms with Crippen LogP contribution in [-0.2, 0) is 4.74 Å². The SMILES string of the molecule is CCNc1nc(NC(C)C2CCOC2)nc(OC(C)C)n1. The third-order valence-corrected chi connectivity index (χ3v) is 3.32. The van der Waals surface area contributed by atoms with Crippen LogP contribution in [0, 0.1) is 5.92 Å². The highest BCUT2D eigenvalue weighted by atomic mass is 16.5. The lowest BCUT2D eigenvalue weighted by atomic mass is 10.0. The van der Waals surface area contributed by atoms with Crippen LogP contribution in [0.1, 0.15) is 34.1 Å². The topological polar surface area (TPSA) is 81.2 Å². The summed E-state index contributed by atoms with van der Waals surface area (Å²) < 4.78 is 11.0. The van der Waals surface area contributed by atoms with E-state index >= 15 is 0 Å². The van der Waals surface area contributed by atoms with Crippen molar-refractivity contribution in [3.8, 4) is 6.01 Å². The molecule has 1 aliphatic rings. The van der Waals surface area contributed by atoms with Crippen LogP contribution in [0.3, 0.4) is 0 Å². The molecule has 2 unspecified atom stereocenters. The first-order chi connectivity index (χ1) is 10.1. The Bertz CT molecular complexity index is 449. The van der Waals surface area contributed by atoms with Crippen LogP contribution in [0.2, 0.25) is 0 Å². The molecule has 1 aromatic rings. The number of rotatable bonds is 7. The van der Waals surface area contributed by atoms with Crippen molar-refractivity contribution in [2.45, 2.75) is 46.3 Å². The van der Waals surface area contributed by atoms with Crippen LogP contribution in [0.15, 0.2) is 0 Å². The number of aromatic nitrogens is 3. The maximum absolute atomic E-state index is 5.58. The van der Waals surface area contributed by atoms with Crippen LogP contribution in [0.4, 0.5) is 11.9 Å². The Kier molecular flexibility index (Phi) is 5.55. The van der Waals surface area contributed by atoms with E-state index in [0.29, 0.717) is 23.8 Å². The summed E-state index contributed by atoms with van der Waals surface area (Å²) in [6.45, 7) is 10.4. The Morgan fingerprint density at radius 1 is 1.24 bits per heavy atom. The fourth-order valence-electron chi connectivity index (χ4n) is 2.19. The van der Waals surface area contributed by atoms with E-state index in [1.807, 2.05) is 20.8 Å². The Morgan fingerprint density at radius 3 is 2.62 bits per heavy atom. The van der Waals surface area contributed by atoms with E-state index in [2.05, 4.69) is 32.5 Å². The highest BCUT2D eigenvalue weighted by Gasteiger charge is 2.23. The van der Waals surface area contributed by atoms with E-state index in [9.17, 15) is 0 Å². The highest BCUT2D eigenvalue weighted by Crippen LogP contribution is 2.20. The van der Waals surface area contributed by atoms with E-state index in [-0.39, 0.29) is 12.1 Å². The van der Waals surface area contributed by atoms with Crippen molar-refractivity contribution in [3.63, 3.8) is 0 Å². The fourth-order valence-corrected chi connectivity index (χ4v) is 2.19. The molecule has 0 aliphatic carbocycles. The monoisotopic (exact) mass is 295 g/mol. The minimum absolute atomic E-state index is 0.0235. The van der Waals surface area contributed by atoms with Crippen LogP contribution < -0.4 is 15.4 Å². The van der Waals surface area contributed by atoms with Crippen LogP contribution in [0.5, 0.6) is 6.01 Å². The van der Waals surface area contributed by atoms with E-state index in [1.54, 1.807) is 0 Å². The van der Waals surface area contributed by atoms with Crippen LogP contribution in [-0.4, -0.2) is 46.9 Å². The molecule has 0 bridgehead atoms. The minimum Gasteiger partial charge on any atom is -0.461 e. The molecule has 2 N–H and O–H groups in total. The molecule has 0 amide bonds. The van der Waals surface area contributed by atoms with Gasteiger partial charge < -0.3 is 20.1 Å². The molecule has 7 nitrogen and oxygen atoms in total. The van der Waals surface area contributed by atoms with Gasteiger partial charge in [-0.05, 0) is 34.1 Å². The molecule has 118 valence electrons. The molecule has 0 saturated carbocycles. The lowest BCUT2D eigenvalue weighted by Crippen LogP contribution is -2.27. The Morgan fingerprint density at radius 2 is 2.00 bits per heavy atom. The van der Waals surface area contributed by atoms with Gasteiger partial charge in [-0.1, -0.05) is 0 Å². The molecule has 1 aromatic heterocycles. The summed E-state index contributed by atoms with van der Waals surface area (Å²) in [7, 11) is 0. The van der Waals surface area contributed by atoms with Gasteiger partial charge in [-0.25, -0.2) is 0 Å². The summed E-state index contributed by atoms with van der Waals surface area (Å²) in [5.74, 6) is 1.55. The predicted octanol–water partition coefficient (Wildman–Crippen LogP) is 1.93. The molecular weight excluding hydrogens is 270 g/mol. The standard InChI is InChI=1S/C14H25N5O2/c1-5-15-12-17-13(19-14(18-12)21-9(2)3)16-10(4)11-6-7-20-8-11/h9-11H,5-8H2,1-4H3,(H2,15,16,17,18,19). The van der Waals surface area contributed by atoms with Gasteiger partial charge >= 0.3 is 6.01 Å². The highest BCUT2D eigenvalue weighted by molar-refractivity contribution is 5.36. The molecule has 2 atom stereocenters. The van der Waals surface area contributed by atoms with Crippen molar-refractivity contribution in [2.75, 3.05) is 30.4 Å². The molecule has 0 aromatic carbocycles. The van der Waals surface area contributed by atoms with Crippen molar-refractivity contribution in [1.82, 2.24) is 15.0 Å². The quantitative estimate of drug-likeness (QED) is 0.795. The lowest BCUT2D eigenvalue weighted by molar-refractivity contribution is 0.183. The molecule has 0 radical (unpaired) electrons. The van der Waals surface area contributed by atoms with Crippen molar-refractivity contribution in [1.29, 1.82) is 0 Å². The number of hydrogen-bond donors (Lipinski definition) is 2. The molecule has 7 heteroatoms. The molecule has 1 aliphatic heterocycles. The van der Waals surface area contributed by atoms with Gasteiger partial charge in [-0.15, -0.1) is 0 Å². The zero-order chi connectivity index (χ0) is 15.2. The van der Waals surface area contributed by atoms with Gasteiger partial charge in [0.15, 0.2) is 0 Å². The smallest absolute Gasteiger partial charge is 0.323 e. The van der Waals surface area contributed by atoms with Crippen molar-refractivity contribution >= 4 is 11.9 Å². The van der Waals surface area contributed by atoms with Gasteiger partial charge in [-0.2, -0.15) is 15.0 Å². The lowest BCUT2D eigenvalue weighted by Gasteiger charge is -2.19. The minimum atomic E-state index is 0.0235. The van der Waals surface area contributed by atoms with Gasteiger partial charge in [0.05, 0.1) is 12.7 Å². The Hall–Kier alpha value is -1.63. The van der Waals surface area contributed by atoms with Crippen molar-refractivity contribution in [3.05, 3.63) is 0 Å². The average Bonchev–Trinajstić information content (AvgIpc) is 2.91. The Balaban J connectivity index is 2.10. The van der Waals surface area contributed by atoms with Gasteiger partial charge in [0.1, 0.15) is 0 Å². The van der Waals surface area contributed by atoms with Gasteiger partial charge in [0, 0.05) is 25.1 Å². The maximum Gasteiger partial charge on any atom is 0.323 e. The van der Waals surface area contributed by atoms with E-state index in [4.69, 9.17) is 9.47 Å². The largest absolute Gasteiger partial charge is 0.461 e. The van der Waals surface area contributed by atoms with E-state index in [1.165, 1.54) is 0 Å². The number of nitrogens with zero attached hydrogens (tertiary/aromatic N) is 3. The predicted molar refractivity (Wildman–Crippen MR) is 81.8 cm³/mol. The van der Waals surface area contributed by atoms with Crippen molar-refractivity contribution < 1.29 is 9.47 Å². The second-order valence-corrected chi connectivity index (χ2v) is 5.52. The number of anilines is 2. The summed E-state index contributed by atoms with van der Waals surface area (Å²) in [5.41, 5.74) is 0. The van der Waals surface area contributed by atoms with E-state index < -0.39 is 0 Å². The number of ether oxygens (including phenoxy) is 2. The molecular formula is C14H25N5O2. The van der Waals surface area contributed by atoms with Gasteiger partial charge in [0.25, 0.3) is 0 Å². The summed E-state index contributed by atoms with van der Waals surface area (Å²) in [5, 5.41) is 6.43. The Labute approximate surface area is 125 Å². The summed E-state index contributed by atoms with van der Waals surface area (Å²) in [6.07, 6.45) is 1.09. The number of nitrogens with one attached hydrogen (secondary N) is 2. The van der Waals surface area contributed by atoms with Crippen LogP contribution in [0.25, 0.3) is 0 Å². The molecule has 0 spiro atoms. The zero-order valence-electron chi connectivity index (χ0n) is 13.2. The average molecular weight is 295 g/mol. The number of hydrogen-bond acceptors (Lipinski definition) is 7. The summed E-state index contributed by atoms with van der Waals surface area (Å²) in [6, 6.07) is 0.588. The first-order valence-corrected chi connectivity index (χ1v) is 7.59. The molecule has 21 heavy (non-hydrogen) atoms. The maximum atomic E-state index is 5.58. The third kappa shape index (κ3) is 4.70. The fraction of sp³-hybridized carbons (Fsp3) is 0.786. The summed E-state index contributed by atoms with van der Waals surface area (Å²) >= 11 is 0.